The smallest absolute Gasteiger partial charge is 0.256 e. The zero-order valence-electron chi connectivity index (χ0n) is 19.4. The van der Waals surface area contributed by atoms with Gasteiger partial charge >= 0.3 is 0 Å². The number of nitrogens with zero attached hydrogens (tertiary/aromatic N) is 3. The van der Waals surface area contributed by atoms with Crippen LogP contribution in [-0.4, -0.2) is 64.0 Å². The molecule has 0 radical (unpaired) electrons. The number of carbonyl (C=O) groups is 3. The van der Waals surface area contributed by atoms with Gasteiger partial charge in [0.05, 0.1) is 6.61 Å². The summed E-state index contributed by atoms with van der Waals surface area (Å²) in [7, 11) is 0. The Labute approximate surface area is 199 Å². The van der Waals surface area contributed by atoms with Crippen LogP contribution in [0.25, 0.3) is 0 Å². The topological polar surface area (TPSA) is 91.8 Å². The Morgan fingerprint density at radius 1 is 1.12 bits per heavy atom. The van der Waals surface area contributed by atoms with Gasteiger partial charge in [-0.3, -0.25) is 24.3 Å². The first-order valence-electron chi connectivity index (χ1n) is 12.0. The van der Waals surface area contributed by atoms with Crippen LogP contribution in [0.1, 0.15) is 47.2 Å². The van der Waals surface area contributed by atoms with Crippen LogP contribution in [-0.2, 0) is 20.9 Å². The number of aromatic nitrogens is 1. The molecule has 1 spiro atoms. The number of piperidine rings is 1. The lowest BCUT2D eigenvalue weighted by atomic mass is 9.96. The zero-order chi connectivity index (χ0) is 23.7. The molecule has 5 rings (SSSR count). The van der Waals surface area contributed by atoms with Crippen LogP contribution < -0.4 is 5.32 Å². The van der Waals surface area contributed by atoms with Crippen LogP contribution in [0.5, 0.6) is 0 Å². The molecule has 1 aromatic heterocycles. The summed E-state index contributed by atoms with van der Waals surface area (Å²) in [4.78, 5) is 47.1. The molecular formula is C26H30N4O4. The fourth-order valence-corrected chi connectivity index (χ4v) is 4.96. The fraction of sp³-hybridized carbons (Fsp3) is 0.462. The Kier molecular flexibility index (Phi) is 6.08. The average Bonchev–Trinajstić information content (AvgIpc) is 3.65. The molecule has 3 amide bonds. The number of benzene rings is 1. The minimum Gasteiger partial charge on any atom is -0.353 e. The lowest BCUT2D eigenvalue weighted by Gasteiger charge is -2.44. The van der Waals surface area contributed by atoms with Crippen molar-refractivity contribution in [1.29, 1.82) is 0 Å². The number of rotatable bonds is 5. The number of likely N-dealkylation sites (tertiary alicyclic amines) is 1. The Balaban J connectivity index is 1.37. The van der Waals surface area contributed by atoms with Crippen LogP contribution in [0.15, 0.2) is 48.8 Å². The van der Waals surface area contributed by atoms with E-state index in [9.17, 15) is 14.4 Å². The number of carbonyl (C=O) groups excluding carboxylic acids is 3. The highest BCUT2D eigenvalue weighted by atomic mass is 16.5. The largest absolute Gasteiger partial charge is 0.353 e. The van der Waals surface area contributed by atoms with E-state index in [0.29, 0.717) is 38.0 Å². The molecular weight excluding hydrogens is 432 g/mol. The molecule has 1 aromatic carbocycles. The maximum absolute atomic E-state index is 13.8. The highest BCUT2D eigenvalue weighted by molar-refractivity contribution is 5.98. The van der Waals surface area contributed by atoms with Gasteiger partial charge in [0.25, 0.3) is 5.91 Å². The molecule has 0 unspecified atom stereocenters. The molecule has 1 N–H and O–H groups in total. The highest BCUT2D eigenvalue weighted by Gasteiger charge is 2.54. The van der Waals surface area contributed by atoms with Gasteiger partial charge in [-0.25, -0.2) is 0 Å². The van der Waals surface area contributed by atoms with Crippen molar-refractivity contribution in [3.8, 4) is 0 Å². The van der Waals surface area contributed by atoms with Crippen molar-refractivity contribution in [2.24, 2.45) is 5.92 Å². The van der Waals surface area contributed by atoms with Crippen molar-refractivity contribution in [1.82, 2.24) is 20.1 Å². The first kappa shape index (κ1) is 22.5. The van der Waals surface area contributed by atoms with Crippen molar-refractivity contribution in [3.05, 3.63) is 65.5 Å². The monoisotopic (exact) mass is 462 g/mol. The van der Waals surface area contributed by atoms with E-state index >= 15 is 0 Å². The number of nitrogens with one attached hydrogen (secondary N) is 1. The standard InChI is InChI=1S/C26H30N4O4/c1-18-3-2-4-21(15-18)25(33)30-22(23(31)28-16-19-7-11-27-12-8-19)17-34-26(30)9-13-29(14-10-26)24(32)20-5-6-20/h2-4,7-8,11-12,15,20,22H,5-6,9-10,13-14,16-17H2,1H3,(H,28,31)/t22-/m1/s1. The van der Waals surface area contributed by atoms with Gasteiger partial charge in [-0.2, -0.15) is 0 Å². The van der Waals surface area contributed by atoms with Crippen LogP contribution >= 0.6 is 0 Å². The van der Waals surface area contributed by atoms with E-state index in [0.717, 1.165) is 24.0 Å². The predicted octanol–water partition coefficient (Wildman–Crippen LogP) is 2.28. The van der Waals surface area contributed by atoms with Gasteiger partial charge in [0.2, 0.25) is 11.8 Å². The summed E-state index contributed by atoms with van der Waals surface area (Å²) in [5, 5.41) is 2.96. The quantitative estimate of drug-likeness (QED) is 0.736. The summed E-state index contributed by atoms with van der Waals surface area (Å²) in [6, 6.07) is 10.4. The molecule has 3 heterocycles. The number of pyridine rings is 1. The molecule has 0 bridgehead atoms. The number of ether oxygens (including phenoxy) is 1. The van der Waals surface area contributed by atoms with Gasteiger partial charge in [-0.05, 0) is 49.6 Å². The third-order valence-corrected chi connectivity index (χ3v) is 7.05. The van der Waals surface area contributed by atoms with E-state index in [2.05, 4.69) is 10.3 Å². The average molecular weight is 463 g/mol. The van der Waals surface area contributed by atoms with E-state index in [1.54, 1.807) is 23.4 Å². The minimum absolute atomic E-state index is 0.135. The summed E-state index contributed by atoms with van der Waals surface area (Å²) in [6.07, 6.45) is 6.29. The molecule has 1 saturated carbocycles. The molecule has 3 fully saturated rings. The molecule has 3 aliphatic rings. The van der Waals surface area contributed by atoms with Crippen molar-refractivity contribution in [2.75, 3.05) is 19.7 Å². The number of aryl methyl sites for hydroxylation is 1. The summed E-state index contributed by atoms with van der Waals surface area (Å²) in [6.45, 7) is 3.47. The van der Waals surface area contributed by atoms with Crippen molar-refractivity contribution in [3.63, 3.8) is 0 Å². The number of amides is 3. The molecule has 178 valence electrons. The van der Waals surface area contributed by atoms with Gasteiger partial charge in [0.1, 0.15) is 11.8 Å². The minimum atomic E-state index is -0.889. The van der Waals surface area contributed by atoms with E-state index < -0.39 is 11.8 Å². The van der Waals surface area contributed by atoms with Crippen LogP contribution in [0.4, 0.5) is 0 Å². The Morgan fingerprint density at radius 2 is 1.85 bits per heavy atom. The third kappa shape index (κ3) is 4.42. The Morgan fingerprint density at radius 3 is 2.53 bits per heavy atom. The van der Waals surface area contributed by atoms with Gasteiger partial charge in [0.15, 0.2) is 0 Å². The molecule has 1 aliphatic carbocycles. The second-order valence-corrected chi connectivity index (χ2v) is 9.49. The maximum atomic E-state index is 13.8. The fourth-order valence-electron chi connectivity index (χ4n) is 4.96. The first-order valence-corrected chi connectivity index (χ1v) is 12.0. The van der Waals surface area contributed by atoms with Crippen LogP contribution in [0.3, 0.4) is 0 Å². The maximum Gasteiger partial charge on any atom is 0.256 e. The predicted molar refractivity (Wildman–Crippen MR) is 124 cm³/mol. The summed E-state index contributed by atoms with van der Waals surface area (Å²) < 4.78 is 6.25. The molecule has 8 nitrogen and oxygen atoms in total. The molecule has 2 saturated heterocycles. The van der Waals surface area contributed by atoms with E-state index in [1.807, 2.05) is 42.2 Å². The van der Waals surface area contributed by atoms with Crippen molar-refractivity contribution >= 4 is 17.7 Å². The Hall–Kier alpha value is -3.26. The second-order valence-electron chi connectivity index (χ2n) is 9.49. The molecule has 2 aliphatic heterocycles. The molecule has 8 heteroatoms. The van der Waals surface area contributed by atoms with Gasteiger partial charge in [-0.1, -0.05) is 17.7 Å². The second kappa shape index (κ2) is 9.18. The normalized spacial score (nSPS) is 21.5. The molecule has 2 aromatic rings. The van der Waals surface area contributed by atoms with Crippen molar-refractivity contribution < 1.29 is 19.1 Å². The number of hydrogen-bond donors (Lipinski definition) is 1. The Bertz CT molecular complexity index is 1080. The van der Waals surface area contributed by atoms with Crippen LogP contribution in [0, 0.1) is 12.8 Å². The third-order valence-electron chi connectivity index (χ3n) is 7.05. The van der Waals surface area contributed by atoms with E-state index in [1.165, 1.54) is 0 Å². The highest BCUT2D eigenvalue weighted by Crippen LogP contribution is 2.40. The van der Waals surface area contributed by atoms with Gasteiger partial charge < -0.3 is 15.0 Å². The van der Waals surface area contributed by atoms with E-state index in [4.69, 9.17) is 4.74 Å². The lowest BCUT2D eigenvalue weighted by molar-refractivity contribution is -0.144. The van der Waals surface area contributed by atoms with Crippen LogP contribution in [0.2, 0.25) is 0 Å². The van der Waals surface area contributed by atoms with Gasteiger partial charge in [-0.15, -0.1) is 0 Å². The zero-order valence-corrected chi connectivity index (χ0v) is 19.4. The molecule has 34 heavy (non-hydrogen) atoms. The summed E-state index contributed by atoms with van der Waals surface area (Å²) in [5.74, 6) is -0.0928. The summed E-state index contributed by atoms with van der Waals surface area (Å²) in [5.41, 5.74) is 1.55. The first-order chi connectivity index (χ1) is 16.5. The summed E-state index contributed by atoms with van der Waals surface area (Å²) >= 11 is 0. The van der Waals surface area contributed by atoms with Crippen molar-refractivity contribution in [2.45, 2.75) is 50.9 Å². The lowest BCUT2D eigenvalue weighted by Crippen LogP contribution is -2.59. The van der Waals surface area contributed by atoms with E-state index in [-0.39, 0.29) is 30.2 Å². The molecule has 1 atom stereocenters. The SMILES string of the molecule is Cc1cccc(C(=O)N2[C@@H](C(=O)NCc3ccncc3)COC23CCN(C(=O)C2CC2)CC3)c1. The number of hydrogen-bond acceptors (Lipinski definition) is 5. The van der Waals surface area contributed by atoms with Gasteiger partial charge in [0, 0.05) is 56.4 Å².